The average molecular weight is 169 g/mol. The topological polar surface area (TPSA) is 58.0 Å². The van der Waals surface area contributed by atoms with Gasteiger partial charge in [0.2, 0.25) is 0 Å². The SMILES string of the molecule is CCOC1CCCCC1N=[N+]=[N-]. The fourth-order valence-corrected chi connectivity index (χ4v) is 1.68. The van der Waals surface area contributed by atoms with Gasteiger partial charge in [0.1, 0.15) is 0 Å². The van der Waals surface area contributed by atoms with Crippen molar-refractivity contribution < 1.29 is 4.74 Å². The number of hydrogen-bond donors (Lipinski definition) is 0. The molecule has 1 saturated carbocycles. The summed E-state index contributed by atoms with van der Waals surface area (Å²) in [5, 5.41) is 3.74. The Morgan fingerprint density at radius 2 is 2.25 bits per heavy atom. The lowest BCUT2D eigenvalue weighted by atomic mass is 9.93. The molecule has 2 unspecified atom stereocenters. The minimum atomic E-state index is 0.0729. The third kappa shape index (κ3) is 2.40. The molecule has 0 aromatic rings. The van der Waals surface area contributed by atoms with Crippen molar-refractivity contribution in [3.05, 3.63) is 10.4 Å². The lowest BCUT2D eigenvalue weighted by Crippen LogP contribution is -2.30. The van der Waals surface area contributed by atoms with Gasteiger partial charge in [-0.1, -0.05) is 18.0 Å². The predicted molar refractivity (Wildman–Crippen MR) is 46.8 cm³/mol. The summed E-state index contributed by atoms with van der Waals surface area (Å²) in [5.74, 6) is 0. The molecule has 0 radical (unpaired) electrons. The average Bonchev–Trinajstić information content (AvgIpc) is 2.09. The van der Waals surface area contributed by atoms with E-state index in [1.807, 2.05) is 6.92 Å². The van der Waals surface area contributed by atoms with Gasteiger partial charge in [-0.25, -0.2) is 0 Å². The van der Waals surface area contributed by atoms with Gasteiger partial charge in [-0.05, 0) is 25.3 Å². The van der Waals surface area contributed by atoms with Crippen LogP contribution in [0.1, 0.15) is 32.6 Å². The molecule has 1 aliphatic carbocycles. The van der Waals surface area contributed by atoms with E-state index >= 15 is 0 Å². The fraction of sp³-hybridized carbons (Fsp3) is 1.00. The first-order chi connectivity index (χ1) is 5.88. The van der Waals surface area contributed by atoms with Crippen LogP contribution in [0.5, 0.6) is 0 Å². The van der Waals surface area contributed by atoms with Gasteiger partial charge in [-0.3, -0.25) is 0 Å². The van der Waals surface area contributed by atoms with Crippen molar-refractivity contribution in [3.63, 3.8) is 0 Å². The number of ether oxygens (including phenoxy) is 1. The van der Waals surface area contributed by atoms with Crippen LogP contribution in [0.15, 0.2) is 5.11 Å². The van der Waals surface area contributed by atoms with E-state index in [-0.39, 0.29) is 12.1 Å². The van der Waals surface area contributed by atoms with Gasteiger partial charge in [-0.15, -0.1) is 0 Å². The largest absolute Gasteiger partial charge is 0.378 e. The van der Waals surface area contributed by atoms with E-state index in [9.17, 15) is 0 Å². The second-order valence-corrected chi connectivity index (χ2v) is 3.05. The highest BCUT2D eigenvalue weighted by atomic mass is 16.5. The van der Waals surface area contributed by atoms with Crippen LogP contribution in [-0.4, -0.2) is 18.8 Å². The van der Waals surface area contributed by atoms with Crippen molar-refractivity contribution in [1.82, 2.24) is 0 Å². The third-order valence-electron chi connectivity index (χ3n) is 2.25. The normalized spacial score (nSPS) is 29.4. The third-order valence-corrected chi connectivity index (χ3v) is 2.25. The maximum absolute atomic E-state index is 8.31. The lowest BCUT2D eigenvalue weighted by Gasteiger charge is -2.27. The molecule has 0 bridgehead atoms. The molecule has 0 aliphatic heterocycles. The Balaban J connectivity index is 2.47. The van der Waals surface area contributed by atoms with E-state index in [1.165, 1.54) is 6.42 Å². The van der Waals surface area contributed by atoms with Crippen molar-refractivity contribution in [3.8, 4) is 0 Å². The molecular weight excluding hydrogens is 154 g/mol. The highest BCUT2D eigenvalue weighted by molar-refractivity contribution is 4.81. The van der Waals surface area contributed by atoms with Gasteiger partial charge in [-0.2, -0.15) is 0 Å². The monoisotopic (exact) mass is 169 g/mol. The first-order valence-electron chi connectivity index (χ1n) is 4.54. The molecule has 1 rings (SSSR count). The highest BCUT2D eigenvalue weighted by Crippen LogP contribution is 2.23. The van der Waals surface area contributed by atoms with E-state index in [4.69, 9.17) is 10.3 Å². The molecule has 1 aliphatic rings. The van der Waals surface area contributed by atoms with Crippen LogP contribution in [0.25, 0.3) is 10.4 Å². The zero-order valence-corrected chi connectivity index (χ0v) is 7.44. The number of rotatable bonds is 3. The van der Waals surface area contributed by atoms with Crippen molar-refractivity contribution in [2.45, 2.75) is 44.8 Å². The summed E-state index contributed by atoms with van der Waals surface area (Å²) >= 11 is 0. The molecule has 4 heteroatoms. The second-order valence-electron chi connectivity index (χ2n) is 3.05. The van der Waals surface area contributed by atoms with Gasteiger partial charge in [0.25, 0.3) is 0 Å². The quantitative estimate of drug-likeness (QED) is 0.364. The summed E-state index contributed by atoms with van der Waals surface area (Å²) in [6.07, 6.45) is 4.54. The Kier molecular flexibility index (Phi) is 3.91. The standard InChI is InChI=1S/C8H15N3O/c1-2-12-8-6-4-3-5-7(8)10-11-9/h7-8H,2-6H2,1H3. The summed E-state index contributed by atoms with van der Waals surface area (Å²) in [4.78, 5) is 2.84. The summed E-state index contributed by atoms with van der Waals surface area (Å²) in [6, 6.07) is 0.0729. The highest BCUT2D eigenvalue weighted by Gasteiger charge is 2.23. The van der Waals surface area contributed by atoms with Crippen molar-refractivity contribution in [2.75, 3.05) is 6.61 Å². The summed E-state index contributed by atoms with van der Waals surface area (Å²) in [7, 11) is 0. The fourth-order valence-electron chi connectivity index (χ4n) is 1.68. The molecule has 68 valence electrons. The van der Waals surface area contributed by atoms with Crippen molar-refractivity contribution in [1.29, 1.82) is 0 Å². The molecule has 0 saturated heterocycles. The summed E-state index contributed by atoms with van der Waals surface area (Å²) in [6.45, 7) is 2.68. The van der Waals surface area contributed by atoms with Crippen LogP contribution in [0.4, 0.5) is 0 Å². The van der Waals surface area contributed by atoms with Crippen LogP contribution in [0.3, 0.4) is 0 Å². The molecule has 0 aromatic heterocycles. The molecular formula is C8H15N3O. The van der Waals surface area contributed by atoms with Gasteiger partial charge < -0.3 is 4.74 Å². The summed E-state index contributed by atoms with van der Waals surface area (Å²) in [5.41, 5.74) is 8.31. The maximum atomic E-state index is 8.31. The molecule has 0 spiro atoms. The van der Waals surface area contributed by atoms with E-state index < -0.39 is 0 Å². The zero-order valence-electron chi connectivity index (χ0n) is 7.44. The second kappa shape index (κ2) is 5.01. The van der Waals surface area contributed by atoms with Gasteiger partial charge in [0, 0.05) is 11.5 Å². The molecule has 0 heterocycles. The molecule has 4 nitrogen and oxygen atoms in total. The number of nitrogens with zero attached hydrogens (tertiary/aromatic N) is 3. The lowest BCUT2D eigenvalue weighted by molar-refractivity contribution is 0.0230. The molecule has 0 N–H and O–H groups in total. The Morgan fingerprint density at radius 1 is 1.50 bits per heavy atom. The van der Waals surface area contributed by atoms with Crippen molar-refractivity contribution in [2.24, 2.45) is 5.11 Å². The van der Waals surface area contributed by atoms with E-state index in [1.54, 1.807) is 0 Å². The van der Waals surface area contributed by atoms with E-state index in [2.05, 4.69) is 10.0 Å². The Morgan fingerprint density at radius 3 is 2.92 bits per heavy atom. The Hall–Kier alpha value is -0.730. The first kappa shape index (κ1) is 9.36. The summed E-state index contributed by atoms with van der Waals surface area (Å²) < 4.78 is 5.48. The molecule has 1 fully saturated rings. The molecule has 2 atom stereocenters. The van der Waals surface area contributed by atoms with Crippen LogP contribution in [0, 0.1) is 0 Å². The molecule has 12 heavy (non-hydrogen) atoms. The minimum Gasteiger partial charge on any atom is -0.378 e. The Labute approximate surface area is 72.5 Å². The predicted octanol–water partition coefficient (Wildman–Crippen LogP) is 2.64. The zero-order chi connectivity index (χ0) is 8.81. The minimum absolute atomic E-state index is 0.0729. The van der Waals surface area contributed by atoms with Gasteiger partial charge >= 0.3 is 0 Å². The number of hydrogen-bond acceptors (Lipinski definition) is 2. The maximum Gasteiger partial charge on any atom is 0.0659 e. The smallest absolute Gasteiger partial charge is 0.0659 e. The molecule has 0 amide bonds. The first-order valence-corrected chi connectivity index (χ1v) is 4.54. The van der Waals surface area contributed by atoms with Gasteiger partial charge in [0.15, 0.2) is 0 Å². The van der Waals surface area contributed by atoms with Gasteiger partial charge in [0.05, 0.1) is 12.1 Å². The van der Waals surface area contributed by atoms with Crippen LogP contribution in [-0.2, 0) is 4.74 Å². The van der Waals surface area contributed by atoms with E-state index in [0.717, 1.165) is 19.3 Å². The molecule has 0 aromatic carbocycles. The van der Waals surface area contributed by atoms with Crippen LogP contribution >= 0.6 is 0 Å². The Bertz CT molecular complexity index is 175. The van der Waals surface area contributed by atoms with E-state index in [0.29, 0.717) is 6.61 Å². The van der Waals surface area contributed by atoms with Crippen LogP contribution < -0.4 is 0 Å². The van der Waals surface area contributed by atoms with Crippen molar-refractivity contribution >= 4 is 0 Å². The van der Waals surface area contributed by atoms with Crippen LogP contribution in [0.2, 0.25) is 0 Å². The number of azide groups is 1.